The third kappa shape index (κ3) is 4.25. The van der Waals surface area contributed by atoms with Gasteiger partial charge in [0.15, 0.2) is 0 Å². The average Bonchev–Trinajstić information content (AvgIpc) is 2.24. The molecule has 2 unspecified atom stereocenters. The number of hydrogen-bond acceptors (Lipinski definition) is 2. The van der Waals surface area contributed by atoms with Gasteiger partial charge in [-0.05, 0) is 36.6 Å². The molecule has 0 aromatic heterocycles. The van der Waals surface area contributed by atoms with Crippen molar-refractivity contribution >= 4 is 27.5 Å². The summed E-state index contributed by atoms with van der Waals surface area (Å²) in [5.41, 5.74) is 6.48. The quantitative estimate of drug-likeness (QED) is 0.868. The van der Waals surface area contributed by atoms with Crippen LogP contribution in [0, 0.1) is 11.8 Å². The first-order valence-electron chi connectivity index (χ1n) is 5.78. The SMILES string of the molecule is CC(C)CC(CN)C(O)c1ccc(Br)cc1Cl. The lowest BCUT2D eigenvalue weighted by Crippen LogP contribution is -2.23. The zero-order valence-corrected chi connectivity index (χ0v) is 12.5. The standard InChI is InChI=1S/C13H19BrClNO/c1-8(2)5-9(7-16)13(17)11-4-3-10(14)6-12(11)15/h3-4,6,8-9,13,17H,5,7,16H2,1-2H3. The molecule has 0 heterocycles. The third-order valence-corrected chi connectivity index (χ3v) is 3.63. The second-order valence-electron chi connectivity index (χ2n) is 4.74. The number of aliphatic hydroxyl groups excluding tert-OH is 1. The van der Waals surface area contributed by atoms with Gasteiger partial charge in [-0.2, -0.15) is 0 Å². The summed E-state index contributed by atoms with van der Waals surface area (Å²) in [6.07, 6.45) is 0.298. The molecule has 0 amide bonds. The van der Waals surface area contributed by atoms with E-state index in [0.717, 1.165) is 16.5 Å². The Morgan fingerprint density at radius 2 is 2.06 bits per heavy atom. The van der Waals surface area contributed by atoms with Crippen molar-refractivity contribution in [2.75, 3.05) is 6.54 Å². The van der Waals surface area contributed by atoms with E-state index < -0.39 is 6.10 Å². The molecule has 0 radical (unpaired) electrons. The summed E-state index contributed by atoms with van der Waals surface area (Å²) >= 11 is 9.48. The Morgan fingerprint density at radius 1 is 1.41 bits per heavy atom. The zero-order valence-electron chi connectivity index (χ0n) is 10.2. The second-order valence-corrected chi connectivity index (χ2v) is 6.06. The maximum Gasteiger partial charge on any atom is 0.0844 e. The Morgan fingerprint density at radius 3 is 2.53 bits per heavy atom. The highest BCUT2D eigenvalue weighted by Gasteiger charge is 2.22. The highest BCUT2D eigenvalue weighted by atomic mass is 79.9. The van der Waals surface area contributed by atoms with E-state index in [1.807, 2.05) is 12.1 Å². The summed E-state index contributed by atoms with van der Waals surface area (Å²) in [4.78, 5) is 0. The molecule has 3 N–H and O–H groups in total. The number of halogens is 2. The van der Waals surface area contributed by atoms with Crippen LogP contribution in [0.4, 0.5) is 0 Å². The van der Waals surface area contributed by atoms with Crippen molar-refractivity contribution in [2.45, 2.75) is 26.4 Å². The van der Waals surface area contributed by atoms with E-state index in [2.05, 4.69) is 29.8 Å². The minimum Gasteiger partial charge on any atom is -0.388 e. The predicted molar refractivity (Wildman–Crippen MR) is 76.1 cm³/mol. The molecule has 17 heavy (non-hydrogen) atoms. The minimum absolute atomic E-state index is 0.0497. The van der Waals surface area contributed by atoms with Gasteiger partial charge in [0, 0.05) is 15.4 Å². The Labute approximate surface area is 116 Å². The highest BCUT2D eigenvalue weighted by molar-refractivity contribution is 9.10. The molecule has 2 atom stereocenters. The fraction of sp³-hybridized carbons (Fsp3) is 0.538. The van der Waals surface area contributed by atoms with Crippen LogP contribution in [0.2, 0.25) is 5.02 Å². The van der Waals surface area contributed by atoms with Crippen LogP contribution in [0.25, 0.3) is 0 Å². The molecule has 1 aromatic rings. The van der Waals surface area contributed by atoms with Gasteiger partial charge < -0.3 is 10.8 Å². The maximum absolute atomic E-state index is 10.3. The molecule has 0 bridgehead atoms. The van der Waals surface area contributed by atoms with Crippen molar-refractivity contribution in [2.24, 2.45) is 17.6 Å². The first-order valence-corrected chi connectivity index (χ1v) is 6.95. The van der Waals surface area contributed by atoms with E-state index in [9.17, 15) is 5.11 Å². The summed E-state index contributed by atoms with van der Waals surface area (Å²) in [6.45, 7) is 4.71. The van der Waals surface area contributed by atoms with Gasteiger partial charge >= 0.3 is 0 Å². The molecule has 1 aromatic carbocycles. The highest BCUT2D eigenvalue weighted by Crippen LogP contribution is 2.32. The number of aliphatic hydroxyl groups is 1. The fourth-order valence-corrected chi connectivity index (χ4v) is 2.74. The summed E-state index contributed by atoms with van der Waals surface area (Å²) in [5.74, 6) is 0.557. The smallest absolute Gasteiger partial charge is 0.0844 e. The predicted octanol–water partition coefficient (Wildman–Crippen LogP) is 3.76. The van der Waals surface area contributed by atoms with Crippen LogP contribution in [0.15, 0.2) is 22.7 Å². The molecule has 1 rings (SSSR count). The molecular weight excluding hydrogens is 302 g/mol. The van der Waals surface area contributed by atoms with Gasteiger partial charge in [0.25, 0.3) is 0 Å². The van der Waals surface area contributed by atoms with E-state index in [1.54, 1.807) is 6.07 Å². The van der Waals surface area contributed by atoms with E-state index in [1.165, 1.54) is 0 Å². The summed E-state index contributed by atoms with van der Waals surface area (Å²) in [6, 6.07) is 5.52. The van der Waals surface area contributed by atoms with Crippen LogP contribution in [-0.4, -0.2) is 11.7 Å². The fourth-order valence-electron chi connectivity index (χ4n) is 1.95. The topological polar surface area (TPSA) is 46.2 Å². The van der Waals surface area contributed by atoms with Crippen LogP contribution < -0.4 is 5.73 Å². The Bertz CT molecular complexity index is 370. The normalized spacial score (nSPS) is 15.0. The molecule has 96 valence electrons. The van der Waals surface area contributed by atoms with Gasteiger partial charge in [0.1, 0.15) is 0 Å². The number of rotatable bonds is 5. The van der Waals surface area contributed by atoms with E-state index in [0.29, 0.717) is 17.5 Å². The Kier molecular flexibility index (Phi) is 5.93. The van der Waals surface area contributed by atoms with Crippen molar-refractivity contribution in [3.05, 3.63) is 33.3 Å². The monoisotopic (exact) mass is 319 g/mol. The number of nitrogens with two attached hydrogens (primary N) is 1. The lowest BCUT2D eigenvalue weighted by atomic mass is 9.88. The van der Waals surface area contributed by atoms with Gasteiger partial charge in [0.05, 0.1) is 6.10 Å². The van der Waals surface area contributed by atoms with E-state index in [-0.39, 0.29) is 5.92 Å². The van der Waals surface area contributed by atoms with Gasteiger partial charge in [-0.3, -0.25) is 0 Å². The summed E-state index contributed by atoms with van der Waals surface area (Å²) in [5, 5.41) is 10.9. The van der Waals surface area contributed by atoms with Crippen molar-refractivity contribution in [3.63, 3.8) is 0 Å². The summed E-state index contributed by atoms with van der Waals surface area (Å²) < 4.78 is 0.909. The van der Waals surface area contributed by atoms with E-state index in [4.69, 9.17) is 17.3 Å². The largest absolute Gasteiger partial charge is 0.388 e. The number of hydrogen-bond donors (Lipinski definition) is 2. The van der Waals surface area contributed by atoms with Crippen LogP contribution in [0.1, 0.15) is 31.9 Å². The van der Waals surface area contributed by atoms with Gasteiger partial charge in [-0.1, -0.05) is 47.4 Å². The second kappa shape index (κ2) is 6.74. The molecule has 4 heteroatoms. The Balaban J connectivity index is 2.89. The number of benzene rings is 1. The average molecular weight is 321 g/mol. The molecule has 2 nitrogen and oxygen atoms in total. The lowest BCUT2D eigenvalue weighted by Gasteiger charge is -2.24. The lowest BCUT2D eigenvalue weighted by molar-refractivity contribution is 0.0995. The van der Waals surface area contributed by atoms with Crippen molar-refractivity contribution < 1.29 is 5.11 Å². The first-order chi connectivity index (χ1) is 7.95. The van der Waals surface area contributed by atoms with Crippen LogP contribution in [0.5, 0.6) is 0 Å². The van der Waals surface area contributed by atoms with Crippen molar-refractivity contribution in [3.8, 4) is 0 Å². The maximum atomic E-state index is 10.3. The third-order valence-electron chi connectivity index (χ3n) is 2.80. The molecule has 0 saturated carbocycles. The minimum atomic E-state index is -0.594. The van der Waals surface area contributed by atoms with Crippen LogP contribution >= 0.6 is 27.5 Å². The first kappa shape index (κ1) is 15.0. The molecule has 0 aliphatic rings. The van der Waals surface area contributed by atoms with E-state index >= 15 is 0 Å². The van der Waals surface area contributed by atoms with Crippen molar-refractivity contribution in [1.29, 1.82) is 0 Å². The molecule has 0 aliphatic carbocycles. The van der Waals surface area contributed by atoms with Crippen LogP contribution in [-0.2, 0) is 0 Å². The molecule has 0 spiro atoms. The van der Waals surface area contributed by atoms with Gasteiger partial charge in [0.2, 0.25) is 0 Å². The zero-order chi connectivity index (χ0) is 13.0. The van der Waals surface area contributed by atoms with Gasteiger partial charge in [-0.25, -0.2) is 0 Å². The molecular formula is C13H19BrClNO. The Hall–Kier alpha value is -0.0900. The molecule has 0 fully saturated rings. The molecule has 0 aliphatic heterocycles. The van der Waals surface area contributed by atoms with Gasteiger partial charge in [-0.15, -0.1) is 0 Å². The summed E-state index contributed by atoms with van der Waals surface area (Å²) in [7, 11) is 0. The molecule has 0 saturated heterocycles. The van der Waals surface area contributed by atoms with Crippen LogP contribution in [0.3, 0.4) is 0 Å². The van der Waals surface area contributed by atoms with Crippen molar-refractivity contribution in [1.82, 2.24) is 0 Å².